The summed E-state index contributed by atoms with van der Waals surface area (Å²) in [6, 6.07) is 23.6. The molecular weight excluding hydrogens is 561 g/mol. The van der Waals surface area contributed by atoms with Crippen molar-refractivity contribution in [1.29, 1.82) is 0 Å². The Hall–Kier alpha value is -5.15. The first-order valence-electron chi connectivity index (χ1n) is 12.8. The minimum Gasteiger partial charge on any atom is -0.496 e. The van der Waals surface area contributed by atoms with Crippen molar-refractivity contribution in [3.05, 3.63) is 117 Å². The van der Waals surface area contributed by atoms with E-state index in [4.69, 9.17) is 35.2 Å². The number of methoxy groups -OCH3 is 2. The van der Waals surface area contributed by atoms with E-state index in [9.17, 15) is 9.18 Å². The number of para-hydroxylation sites is 1. The van der Waals surface area contributed by atoms with Crippen molar-refractivity contribution < 1.29 is 23.0 Å². The highest BCUT2D eigenvalue weighted by Gasteiger charge is 2.18. The van der Waals surface area contributed by atoms with Crippen LogP contribution < -0.4 is 19.8 Å². The van der Waals surface area contributed by atoms with E-state index in [1.54, 1.807) is 67.8 Å². The van der Waals surface area contributed by atoms with E-state index in [0.717, 1.165) is 5.39 Å². The van der Waals surface area contributed by atoms with Gasteiger partial charge in [-0.3, -0.25) is 4.79 Å². The molecular formula is C32H23ClFN3O5. The van der Waals surface area contributed by atoms with Crippen LogP contribution in [0.5, 0.6) is 17.2 Å². The molecule has 0 amide bonds. The van der Waals surface area contributed by atoms with Crippen molar-refractivity contribution in [3.63, 3.8) is 0 Å². The molecule has 210 valence electrons. The van der Waals surface area contributed by atoms with Gasteiger partial charge in [0.05, 0.1) is 41.7 Å². The molecule has 0 aliphatic carbocycles. The van der Waals surface area contributed by atoms with Gasteiger partial charge in [0.2, 0.25) is 5.82 Å². The van der Waals surface area contributed by atoms with Crippen molar-refractivity contribution in [2.24, 2.45) is 5.10 Å². The van der Waals surface area contributed by atoms with Crippen molar-refractivity contribution in [1.82, 2.24) is 9.66 Å². The molecule has 0 saturated carbocycles. The summed E-state index contributed by atoms with van der Waals surface area (Å²) in [6.07, 6.45) is 1.47. The van der Waals surface area contributed by atoms with E-state index in [2.05, 4.69) is 5.10 Å². The second kappa shape index (κ2) is 11.4. The first-order chi connectivity index (χ1) is 20.4. The number of halogens is 2. The van der Waals surface area contributed by atoms with Crippen LogP contribution in [0.25, 0.3) is 33.5 Å². The summed E-state index contributed by atoms with van der Waals surface area (Å²) in [5.41, 5.74) is 1.87. The van der Waals surface area contributed by atoms with Crippen LogP contribution in [0.15, 0.2) is 99.2 Å². The Labute approximate surface area is 244 Å². The zero-order valence-corrected chi connectivity index (χ0v) is 23.3. The van der Waals surface area contributed by atoms with Crippen LogP contribution >= 0.6 is 11.6 Å². The molecule has 10 heteroatoms. The van der Waals surface area contributed by atoms with Crippen LogP contribution in [-0.2, 0) is 6.61 Å². The summed E-state index contributed by atoms with van der Waals surface area (Å²) in [4.78, 5) is 18.3. The molecule has 0 unspecified atom stereocenters. The third-order valence-electron chi connectivity index (χ3n) is 6.56. The molecule has 0 aliphatic rings. The maximum atomic E-state index is 13.6. The molecule has 0 N–H and O–H groups in total. The lowest BCUT2D eigenvalue weighted by Gasteiger charge is -2.13. The Kier molecular flexibility index (Phi) is 7.33. The van der Waals surface area contributed by atoms with Crippen LogP contribution in [0.4, 0.5) is 4.39 Å². The summed E-state index contributed by atoms with van der Waals surface area (Å²) in [5.74, 6) is 1.45. The first-order valence-corrected chi connectivity index (χ1v) is 13.2. The van der Waals surface area contributed by atoms with Gasteiger partial charge < -0.3 is 18.6 Å². The Morgan fingerprint density at radius 3 is 2.57 bits per heavy atom. The van der Waals surface area contributed by atoms with Gasteiger partial charge in [-0.1, -0.05) is 41.9 Å². The number of furan rings is 1. The van der Waals surface area contributed by atoms with Gasteiger partial charge in [0.25, 0.3) is 5.56 Å². The number of hydrogen-bond acceptors (Lipinski definition) is 7. The van der Waals surface area contributed by atoms with Gasteiger partial charge in [0.1, 0.15) is 23.8 Å². The molecule has 0 fully saturated rings. The smallest absolute Gasteiger partial charge is 0.282 e. The highest BCUT2D eigenvalue weighted by molar-refractivity contribution is 6.32. The second-order valence-corrected chi connectivity index (χ2v) is 9.66. The molecule has 42 heavy (non-hydrogen) atoms. The number of hydrogen-bond donors (Lipinski definition) is 0. The number of aromatic nitrogens is 2. The van der Waals surface area contributed by atoms with Gasteiger partial charge >= 0.3 is 0 Å². The molecule has 2 aromatic heterocycles. The standard InChI is InChI=1S/C32H23ClFN3O5/c1-39-26-11-6-12-27-23(26)16-29(42-27)31-36-25-10-4-3-9-22(25)32(38)37(31)35-17-20-14-24(33)30(28(15-20)40-2)41-18-19-7-5-8-21(34)13-19/h3-17H,18H2,1-2H3. The number of ether oxygens (including phenoxy) is 3. The molecule has 0 spiro atoms. The second-order valence-electron chi connectivity index (χ2n) is 9.25. The minimum atomic E-state index is -0.382. The Morgan fingerprint density at radius 2 is 1.76 bits per heavy atom. The molecule has 0 bridgehead atoms. The van der Waals surface area contributed by atoms with Gasteiger partial charge in [-0.05, 0) is 65.7 Å². The van der Waals surface area contributed by atoms with E-state index >= 15 is 0 Å². The summed E-state index contributed by atoms with van der Waals surface area (Å²) in [5, 5.41) is 5.87. The van der Waals surface area contributed by atoms with Crippen LogP contribution in [0, 0.1) is 5.82 Å². The molecule has 0 aliphatic heterocycles. The third-order valence-corrected chi connectivity index (χ3v) is 6.84. The lowest BCUT2D eigenvalue weighted by Crippen LogP contribution is -2.20. The topological polar surface area (TPSA) is 88.1 Å². The van der Waals surface area contributed by atoms with Crippen LogP contribution in [-0.4, -0.2) is 30.1 Å². The average molecular weight is 584 g/mol. The number of nitrogens with zero attached hydrogens (tertiary/aromatic N) is 3. The molecule has 2 heterocycles. The fraction of sp³-hybridized carbons (Fsp3) is 0.0938. The average Bonchev–Trinajstić information content (AvgIpc) is 3.44. The van der Waals surface area contributed by atoms with Crippen molar-refractivity contribution in [3.8, 4) is 28.8 Å². The predicted octanol–water partition coefficient (Wildman–Crippen LogP) is 7.08. The first kappa shape index (κ1) is 27.0. The number of benzene rings is 4. The maximum absolute atomic E-state index is 13.6. The lowest BCUT2D eigenvalue weighted by atomic mass is 10.2. The fourth-order valence-corrected chi connectivity index (χ4v) is 4.85. The SMILES string of the molecule is COc1cc(C=Nn2c(-c3cc4c(OC)cccc4o3)nc3ccccc3c2=O)cc(Cl)c1OCc1cccc(F)c1. The van der Waals surface area contributed by atoms with Crippen LogP contribution in [0.1, 0.15) is 11.1 Å². The van der Waals surface area contributed by atoms with Gasteiger partial charge in [-0.2, -0.15) is 9.78 Å². The highest BCUT2D eigenvalue weighted by atomic mass is 35.5. The van der Waals surface area contributed by atoms with Crippen LogP contribution in [0.2, 0.25) is 5.02 Å². The van der Waals surface area contributed by atoms with Crippen molar-refractivity contribution in [2.75, 3.05) is 14.2 Å². The quantitative estimate of drug-likeness (QED) is 0.178. The Morgan fingerprint density at radius 1 is 0.952 bits per heavy atom. The molecule has 0 saturated heterocycles. The van der Waals surface area contributed by atoms with Crippen LogP contribution in [0.3, 0.4) is 0 Å². The third kappa shape index (κ3) is 5.17. The fourth-order valence-electron chi connectivity index (χ4n) is 4.57. The van der Waals surface area contributed by atoms with Gasteiger partial charge in [-0.15, -0.1) is 0 Å². The zero-order chi connectivity index (χ0) is 29.2. The molecule has 6 rings (SSSR count). The summed E-state index contributed by atoms with van der Waals surface area (Å²) < 4.78 is 37.7. The van der Waals surface area contributed by atoms with E-state index in [-0.39, 0.29) is 28.8 Å². The highest BCUT2D eigenvalue weighted by Crippen LogP contribution is 2.37. The van der Waals surface area contributed by atoms with E-state index < -0.39 is 0 Å². The monoisotopic (exact) mass is 583 g/mol. The molecule has 0 atom stereocenters. The zero-order valence-electron chi connectivity index (χ0n) is 22.5. The maximum Gasteiger partial charge on any atom is 0.282 e. The van der Waals surface area contributed by atoms with Gasteiger partial charge in [0.15, 0.2) is 17.3 Å². The van der Waals surface area contributed by atoms with Crippen molar-refractivity contribution in [2.45, 2.75) is 6.61 Å². The minimum absolute atomic E-state index is 0.0884. The molecule has 6 aromatic rings. The largest absolute Gasteiger partial charge is 0.496 e. The Bertz CT molecular complexity index is 2040. The van der Waals surface area contributed by atoms with E-state index in [0.29, 0.717) is 50.6 Å². The summed E-state index contributed by atoms with van der Waals surface area (Å²) >= 11 is 6.55. The summed E-state index contributed by atoms with van der Waals surface area (Å²) in [6.45, 7) is 0.0884. The number of fused-ring (bicyclic) bond motifs is 2. The number of rotatable bonds is 8. The normalized spacial score (nSPS) is 11.4. The molecule has 0 radical (unpaired) electrons. The van der Waals surface area contributed by atoms with E-state index in [1.807, 2.05) is 12.1 Å². The van der Waals surface area contributed by atoms with Gasteiger partial charge in [-0.25, -0.2) is 9.37 Å². The predicted molar refractivity (Wildman–Crippen MR) is 159 cm³/mol. The summed E-state index contributed by atoms with van der Waals surface area (Å²) in [7, 11) is 3.06. The van der Waals surface area contributed by atoms with Gasteiger partial charge in [0, 0.05) is 0 Å². The molecule has 8 nitrogen and oxygen atoms in total. The van der Waals surface area contributed by atoms with E-state index in [1.165, 1.54) is 30.1 Å². The molecule has 4 aromatic carbocycles. The Balaban J connectivity index is 1.41. The lowest BCUT2D eigenvalue weighted by molar-refractivity contribution is 0.284. The van der Waals surface area contributed by atoms with Crippen molar-refractivity contribution >= 4 is 39.7 Å².